The summed E-state index contributed by atoms with van der Waals surface area (Å²) in [6, 6.07) is 0. The number of rotatable bonds is 4. The second kappa shape index (κ2) is 6.06. The van der Waals surface area contributed by atoms with Gasteiger partial charge in [0.05, 0.1) is 0 Å². The molecule has 0 aliphatic carbocycles. The Bertz CT molecular complexity index is 315. The topological polar surface area (TPSA) is 54.2 Å². The first-order valence-electron chi connectivity index (χ1n) is 5.12. The van der Waals surface area contributed by atoms with Gasteiger partial charge in [-0.3, -0.25) is 4.99 Å². The molecule has 0 aliphatic rings. The third-order valence-corrected chi connectivity index (χ3v) is 2.25. The van der Waals surface area contributed by atoms with Crippen LogP contribution in [-0.4, -0.2) is 36.2 Å². The van der Waals surface area contributed by atoms with Gasteiger partial charge in [-0.2, -0.15) is 0 Å². The van der Waals surface area contributed by atoms with E-state index in [1.54, 1.807) is 7.05 Å². The van der Waals surface area contributed by atoms with Crippen LogP contribution in [0.3, 0.4) is 0 Å². The molecule has 0 saturated carbocycles. The van der Waals surface area contributed by atoms with Crippen molar-refractivity contribution in [1.29, 1.82) is 0 Å². The molecular formula is C10H19N5. The van der Waals surface area contributed by atoms with E-state index in [-0.39, 0.29) is 0 Å². The van der Waals surface area contributed by atoms with Crippen LogP contribution in [0.2, 0.25) is 0 Å². The Labute approximate surface area is 90.6 Å². The molecule has 0 aromatic carbocycles. The normalized spacial score (nSPS) is 11.5. The van der Waals surface area contributed by atoms with Gasteiger partial charge in [0.25, 0.3) is 0 Å². The van der Waals surface area contributed by atoms with Crippen molar-refractivity contribution < 1.29 is 0 Å². The third kappa shape index (κ3) is 3.61. The van der Waals surface area contributed by atoms with Gasteiger partial charge in [-0.25, -0.2) is 4.98 Å². The highest BCUT2D eigenvalue weighted by atomic mass is 15.1. The minimum absolute atomic E-state index is 0.829. The Morgan fingerprint density at radius 2 is 2.40 bits per heavy atom. The van der Waals surface area contributed by atoms with Crippen molar-refractivity contribution in [3.05, 3.63) is 18.2 Å². The number of guanidine groups is 1. The van der Waals surface area contributed by atoms with Crippen LogP contribution >= 0.6 is 0 Å². The lowest BCUT2D eigenvalue weighted by molar-refractivity contribution is 0.700. The van der Waals surface area contributed by atoms with E-state index in [9.17, 15) is 0 Å². The molecule has 0 atom stereocenters. The summed E-state index contributed by atoms with van der Waals surface area (Å²) >= 11 is 0. The fourth-order valence-corrected chi connectivity index (χ4v) is 1.37. The molecule has 5 heteroatoms. The maximum absolute atomic E-state index is 4.26. The third-order valence-electron chi connectivity index (χ3n) is 2.25. The van der Waals surface area contributed by atoms with Gasteiger partial charge in [-0.1, -0.05) is 0 Å². The molecule has 1 aromatic rings. The van der Waals surface area contributed by atoms with Gasteiger partial charge in [-0.15, -0.1) is 0 Å². The van der Waals surface area contributed by atoms with Gasteiger partial charge in [0.1, 0.15) is 5.82 Å². The number of nitrogens with zero attached hydrogens (tertiary/aromatic N) is 3. The maximum Gasteiger partial charge on any atom is 0.190 e. The van der Waals surface area contributed by atoms with Crippen molar-refractivity contribution >= 4 is 5.96 Å². The molecule has 1 aromatic heterocycles. The van der Waals surface area contributed by atoms with Crippen molar-refractivity contribution in [1.82, 2.24) is 20.2 Å². The zero-order valence-corrected chi connectivity index (χ0v) is 9.62. The van der Waals surface area contributed by atoms with E-state index < -0.39 is 0 Å². The van der Waals surface area contributed by atoms with Crippen LogP contribution in [0.4, 0.5) is 0 Å². The van der Waals surface area contributed by atoms with Crippen molar-refractivity contribution in [2.45, 2.75) is 12.8 Å². The van der Waals surface area contributed by atoms with Crippen LogP contribution in [-0.2, 0) is 13.5 Å². The first-order valence-corrected chi connectivity index (χ1v) is 5.12. The molecule has 0 saturated heterocycles. The zero-order valence-electron chi connectivity index (χ0n) is 9.62. The average molecular weight is 209 g/mol. The van der Waals surface area contributed by atoms with Crippen LogP contribution in [0.15, 0.2) is 17.4 Å². The number of aliphatic imine (C=N–C) groups is 1. The summed E-state index contributed by atoms with van der Waals surface area (Å²) in [5.41, 5.74) is 0. The predicted molar refractivity (Wildman–Crippen MR) is 62.0 cm³/mol. The number of nitrogens with one attached hydrogen (secondary N) is 2. The highest BCUT2D eigenvalue weighted by molar-refractivity contribution is 5.79. The zero-order chi connectivity index (χ0) is 11.1. The van der Waals surface area contributed by atoms with Gasteiger partial charge in [0.2, 0.25) is 0 Å². The van der Waals surface area contributed by atoms with Crippen molar-refractivity contribution in [3.63, 3.8) is 0 Å². The Morgan fingerprint density at radius 1 is 1.60 bits per heavy atom. The predicted octanol–water partition coefficient (Wildman–Crippen LogP) is 0.148. The van der Waals surface area contributed by atoms with Crippen LogP contribution in [0.1, 0.15) is 12.2 Å². The summed E-state index contributed by atoms with van der Waals surface area (Å²) in [5.74, 6) is 1.95. The van der Waals surface area contributed by atoms with Gasteiger partial charge >= 0.3 is 0 Å². The Kier molecular flexibility index (Phi) is 4.66. The van der Waals surface area contributed by atoms with Crippen LogP contribution < -0.4 is 10.6 Å². The number of aromatic nitrogens is 2. The molecule has 1 heterocycles. The molecule has 0 amide bonds. The molecule has 0 bridgehead atoms. The van der Waals surface area contributed by atoms with Crippen LogP contribution in [0.25, 0.3) is 0 Å². The second-order valence-electron chi connectivity index (χ2n) is 3.31. The fourth-order valence-electron chi connectivity index (χ4n) is 1.37. The lowest BCUT2D eigenvalue weighted by Crippen LogP contribution is -2.35. The van der Waals surface area contributed by atoms with E-state index in [1.165, 1.54) is 0 Å². The molecule has 2 N–H and O–H groups in total. The monoisotopic (exact) mass is 209 g/mol. The molecule has 5 nitrogen and oxygen atoms in total. The van der Waals surface area contributed by atoms with E-state index in [2.05, 4.69) is 20.6 Å². The second-order valence-corrected chi connectivity index (χ2v) is 3.31. The lowest BCUT2D eigenvalue weighted by Gasteiger charge is -2.07. The molecule has 0 spiro atoms. The van der Waals surface area contributed by atoms with Crippen molar-refractivity contribution in [3.8, 4) is 0 Å². The SMILES string of the molecule is CN=C(NC)NCCCc1nccn1C. The molecule has 15 heavy (non-hydrogen) atoms. The van der Waals surface area contributed by atoms with E-state index in [0.717, 1.165) is 31.2 Å². The molecule has 0 aliphatic heterocycles. The van der Waals surface area contributed by atoms with Crippen LogP contribution in [0, 0.1) is 0 Å². The van der Waals surface area contributed by atoms with Crippen molar-refractivity contribution in [2.75, 3.05) is 20.6 Å². The average Bonchev–Trinajstić information content (AvgIpc) is 2.65. The smallest absolute Gasteiger partial charge is 0.190 e. The highest BCUT2D eigenvalue weighted by Gasteiger charge is 1.98. The molecule has 0 fully saturated rings. The van der Waals surface area contributed by atoms with Crippen molar-refractivity contribution in [2.24, 2.45) is 12.0 Å². The molecule has 0 radical (unpaired) electrons. The van der Waals surface area contributed by atoms with Crippen LogP contribution in [0.5, 0.6) is 0 Å². The number of hydrogen-bond acceptors (Lipinski definition) is 2. The minimum Gasteiger partial charge on any atom is -0.359 e. The van der Waals surface area contributed by atoms with Gasteiger partial charge in [-0.05, 0) is 6.42 Å². The largest absolute Gasteiger partial charge is 0.359 e. The lowest BCUT2D eigenvalue weighted by atomic mass is 10.3. The van der Waals surface area contributed by atoms with E-state index in [1.807, 2.05) is 31.1 Å². The van der Waals surface area contributed by atoms with E-state index >= 15 is 0 Å². The first kappa shape index (κ1) is 11.6. The maximum atomic E-state index is 4.26. The number of imidazole rings is 1. The Balaban J connectivity index is 2.20. The number of aryl methyl sites for hydroxylation is 2. The molecular weight excluding hydrogens is 190 g/mol. The summed E-state index contributed by atoms with van der Waals surface area (Å²) in [7, 11) is 5.63. The summed E-state index contributed by atoms with van der Waals surface area (Å²) < 4.78 is 2.05. The number of hydrogen-bond donors (Lipinski definition) is 2. The van der Waals surface area contributed by atoms with Gasteiger partial charge < -0.3 is 15.2 Å². The Hall–Kier alpha value is -1.52. The summed E-state index contributed by atoms with van der Waals surface area (Å²) in [6.45, 7) is 0.903. The minimum atomic E-state index is 0.829. The molecule has 1 rings (SSSR count). The van der Waals surface area contributed by atoms with E-state index in [4.69, 9.17) is 0 Å². The van der Waals surface area contributed by atoms with E-state index in [0.29, 0.717) is 0 Å². The van der Waals surface area contributed by atoms with Gasteiger partial charge in [0, 0.05) is 46.5 Å². The molecule has 84 valence electrons. The summed E-state index contributed by atoms with van der Waals surface area (Å²) in [5, 5.41) is 6.18. The quantitative estimate of drug-likeness (QED) is 0.421. The Morgan fingerprint density at radius 3 is 2.93 bits per heavy atom. The summed E-state index contributed by atoms with van der Waals surface area (Å²) in [4.78, 5) is 8.29. The summed E-state index contributed by atoms with van der Waals surface area (Å²) in [6.07, 6.45) is 5.83. The van der Waals surface area contributed by atoms with Gasteiger partial charge in [0.15, 0.2) is 5.96 Å². The molecule has 0 unspecified atom stereocenters. The highest BCUT2D eigenvalue weighted by Crippen LogP contribution is 1.97. The fraction of sp³-hybridized carbons (Fsp3) is 0.600. The standard InChI is InChI=1S/C10H19N5/c1-11-10(12-2)14-6-4-5-9-13-7-8-15(9)3/h7-8H,4-6H2,1-3H3,(H2,11,12,14). The first-order chi connectivity index (χ1) is 7.27.